The average molecular weight is 442 g/mol. The van der Waals surface area contributed by atoms with Crippen LogP contribution in [-0.2, 0) is 10.5 Å². The van der Waals surface area contributed by atoms with E-state index in [-0.39, 0.29) is 17.4 Å². The van der Waals surface area contributed by atoms with Crippen LogP contribution in [0.25, 0.3) is 5.65 Å². The number of aryl methyl sites for hydroxylation is 1. The molecule has 0 spiro atoms. The third kappa shape index (κ3) is 4.44. The summed E-state index contributed by atoms with van der Waals surface area (Å²) in [6.07, 6.45) is 0.688. The van der Waals surface area contributed by atoms with Gasteiger partial charge in [0.2, 0.25) is 11.0 Å². The molecule has 0 saturated heterocycles. The average Bonchev–Trinajstić information content (AvgIpc) is 3.33. The van der Waals surface area contributed by atoms with Crippen LogP contribution in [0, 0.1) is 6.92 Å². The molecule has 1 unspecified atom stereocenters. The number of nitrogens with one attached hydrogen (secondary N) is 1. The summed E-state index contributed by atoms with van der Waals surface area (Å²) in [6, 6.07) is 12.8. The third-order valence-electron chi connectivity index (χ3n) is 4.43. The number of nitrogens with zero attached hydrogens (tertiary/aromatic N) is 4. The molecule has 0 saturated carbocycles. The van der Waals surface area contributed by atoms with E-state index in [1.54, 1.807) is 13.0 Å². The molecule has 0 aliphatic heterocycles. The number of benzene rings is 1. The molecule has 1 N–H and O–H groups in total. The molecule has 4 aromatic rings. The van der Waals surface area contributed by atoms with Crippen LogP contribution >= 0.6 is 23.1 Å². The van der Waals surface area contributed by atoms with Gasteiger partial charge >= 0.3 is 0 Å². The van der Waals surface area contributed by atoms with Crippen molar-refractivity contribution in [2.75, 3.05) is 5.32 Å². The van der Waals surface area contributed by atoms with Crippen LogP contribution in [0.5, 0.6) is 0 Å². The molecule has 1 atom stereocenters. The number of rotatable bonds is 7. The SMILES string of the molecule is CCC(C(=O)Nc1nnc(SCc2cc(=O)n3oc(C)cc3n2)s1)c1ccccc1. The Labute approximate surface area is 180 Å². The summed E-state index contributed by atoms with van der Waals surface area (Å²) >= 11 is 2.70. The van der Waals surface area contributed by atoms with Gasteiger partial charge in [-0.25, -0.2) is 4.98 Å². The second kappa shape index (κ2) is 8.80. The minimum atomic E-state index is -0.263. The van der Waals surface area contributed by atoms with Crippen molar-refractivity contribution < 1.29 is 9.32 Å². The van der Waals surface area contributed by atoms with Gasteiger partial charge in [-0.05, 0) is 18.9 Å². The highest BCUT2D eigenvalue weighted by Crippen LogP contribution is 2.29. The predicted octanol–water partition coefficient (Wildman–Crippen LogP) is 3.87. The van der Waals surface area contributed by atoms with Crippen LogP contribution in [0.3, 0.4) is 0 Å². The van der Waals surface area contributed by atoms with Crippen LogP contribution in [0.2, 0.25) is 0 Å². The van der Waals surface area contributed by atoms with E-state index < -0.39 is 0 Å². The van der Waals surface area contributed by atoms with Gasteiger partial charge in [0.1, 0.15) is 5.76 Å². The zero-order valence-corrected chi connectivity index (χ0v) is 18.0. The van der Waals surface area contributed by atoms with Gasteiger partial charge in [0, 0.05) is 17.9 Å². The summed E-state index contributed by atoms with van der Waals surface area (Å²) in [6.45, 7) is 3.74. The number of carbonyl (C=O) groups is 1. The number of hydrogen-bond acceptors (Lipinski definition) is 8. The molecular weight excluding hydrogens is 422 g/mol. The van der Waals surface area contributed by atoms with E-state index in [0.29, 0.717) is 38.7 Å². The van der Waals surface area contributed by atoms with Gasteiger partial charge in [0.15, 0.2) is 9.99 Å². The lowest BCUT2D eigenvalue weighted by atomic mass is 9.96. The topological polar surface area (TPSA) is 102 Å². The Morgan fingerprint density at radius 3 is 2.83 bits per heavy atom. The highest BCUT2D eigenvalue weighted by atomic mass is 32.2. The summed E-state index contributed by atoms with van der Waals surface area (Å²) in [5.41, 5.74) is 1.81. The van der Waals surface area contributed by atoms with Crippen molar-refractivity contribution in [2.24, 2.45) is 0 Å². The lowest BCUT2D eigenvalue weighted by molar-refractivity contribution is -0.117. The van der Waals surface area contributed by atoms with E-state index in [0.717, 1.165) is 5.56 Å². The number of fused-ring (bicyclic) bond motifs is 1. The quantitative estimate of drug-likeness (QED) is 0.343. The summed E-state index contributed by atoms with van der Waals surface area (Å²) in [5, 5.41) is 11.5. The molecule has 1 amide bonds. The third-order valence-corrected chi connectivity index (χ3v) is 6.44. The van der Waals surface area contributed by atoms with Gasteiger partial charge in [0.05, 0.1) is 11.6 Å². The van der Waals surface area contributed by atoms with Crippen molar-refractivity contribution in [1.82, 2.24) is 19.8 Å². The first-order chi connectivity index (χ1) is 14.5. The van der Waals surface area contributed by atoms with Crippen molar-refractivity contribution in [3.63, 3.8) is 0 Å². The van der Waals surface area contributed by atoms with Gasteiger partial charge < -0.3 is 4.52 Å². The zero-order chi connectivity index (χ0) is 21.1. The summed E-state index contributed by atoms with van der Waals surface area (Å²) in [7, 11) is 0. The lowest BCUT2D eigenvalue weighted by Gasteiger charge is -2.13. The van der Waals surface area contributed by atoms with Crippen molar-refractivity contribution in [3.8, 4) is 0 Å². The Hall–Kier alpha value is -2.98. The maximum absolute atomic E-state index is 12.7. The fourth-order valence-electron chi connectivity index (χ4n) is 3.05. The Morgan fingerprint density at radius 1 is 1.27 bits per heavy atom. The largest absolute Gasteiger partial charge is 0.375 e. The summed E-state index contributed by atoms with van der Waals surface area (Å²) < 4.78 is 7.14. The lowest BCUT2D eigenvalue weighted by Crippen LogP contribution is -2.20. The van der Waals surface area contributed by atoms with Crippen LogP contribution in [0.4, 0.5) is 5.13 Å². The van der Waals surface area contributed by atoms with E-state index in [4.69, 9.17) is 4.52 Å². The Bertz CT molecular complexity index is 1230. The maximum Gasteiger partial charge on any atom is 0.287 e. The highest BCUT2D eigenvalue weighted by molar-refractivity contribution is 8.00. The second-order valence-electron chi connectivity index (χ2n) is 6.61. The monoisotopic (exact) mass is 441 g/mol. The minimum absolute atomic E-state index is 0.105. The van der Waals surface area contributed by atoms with Crippen molar-refractivity contribution in [2.45, 2.75) is 36.3 Å². The number of carbonyl (C=O) groups excluding carboxylic acids is 1. The van der Waals surface area contributed by atoms with Crippen molar-refractivity contribution in [3.05, 3.63) is 69.8 Å². The molecule has 30 heavy (non-hydrogen) atoms. The van der Waals surface area contributed by atoms with Gasteiger partial charge in [0.25, 0.3) is 5.56 Å². The van der Waals surface area contributed by atoms with Crippen LogP contribution in [0.1, 0.15) is 36.3 Å². The molecule has 3 heterocycles. The first-order valence-electron chi connectivity index (χ1n) is 9.35. The van der Waals surface area contributed by atoms with Gasteiger partial charge in [-0.1, -0.05) is 60.4 Å². The molecule has 0 aliphatic rings. The number of hydrogen-bond donors (Lipinski definition) is 1. The number of aromatic nitrogens is 4. The number of amides is 1. The normalized spacial score (nSPS) is 12.2. The first kappa shape index (κ1) is 20.3. The van der Waals surface area contributed by atoms with E-state index in [1.807, 2.05) is 37.3 Å². The molecule has 0 aliphatic carbocycles. The Kier molecular flexibility index (Phi) is 5.96. The van der Waals surface area contributed by atoms with Gasteiger partial charge in [-0.2, -0.15) is 0 Å². The second-order valence-corrected chi connectivity index (χ2v) is 8.81. The molecule has 8 nitrogen and oxygen atoms in total. The van der Waals surface area contributed by atoms with Crippen LogP contribution < -0.4 is 10.9 Å². The molecule has 0 radical (unpaired) electrons. The maximum atomic E-state index is 12.7. The van der Waals surface area contributed by atoms with E-state index >= 15 is 0 Å². The Morgan fingerprint density at radius 2 is 2.07 bits per heavy atom. The molecular formula is C20H19N5O3S2. The molecule has 3 aromatic heterocycles. The molecule has 0 fully saturated rings. The fourth-order valence-corrected chi connectivity index (χ4v) is 4.70. The van der Waals surface area contributed by atoms with Crippen LogP contribution in [-0.4, -0.2) is 25.7 Å². The van der Waals surface area contributed by atoms with E-state index in [9.17, 15) is 9.59 Å². The Balaban J connectivity index is 1.41. The smallest absolute Gasteiger partial charge is 0.287 e. The standard InChI is InChI=1S/C20H19N5O3S2/c1-3-15(13-7-5-4-6-8-13)18(27)22-19-23-24-20(30-19)29-11-14-10-17(26)25-16(21-14)9-12(2)28-25/h4-10,15H,3,11H2,1-2H3,(H,22,23,27). The van der Waals surface area contributed by atoms with Crippen molar-refractivity contribution >= 4 is 39.8 Å². The minimum Gasteiger partial charge on any atom is -0.375 e. The molecule has 154 valence electrons. The zero-order valence-electron chi connectivity index (χ0n) is 16.4. The first-order valence-corrected chi connectivity index (χ1v) is 11.2. The van der Waals surface area contributed by atoms with Gasteiger partial charge in [-0.3, -0.25) is 14.9 Å². The predicted molar refractivity (Wildman–Crippen MR) is 116 cm³/mol. The molecule has 1 aromatic carbocycles. The molecule has 10 heteroatoms. The number of thioether (sulfide) groups is 1. The fraction of sp³-hybridized carbons (Fsp3) is 0.250. The number of anilines is 1. The van der Waals surface area contributed by atoms with Gasteiger partial charge in [-0.15, -0.1) is 14.8 Å². The highest BCUT2D eigenvalue weighted by Gasteiger charge is 2.20. The van der Waals surface area contributed by atoms with Crippen LogP contribution in [0.15, 0.2) is 56.1 Å². The molecule has 4 rings (SSSR count). The van der Waals surface area contributed by atoms with E-state index in [2.05, 4.69) is 20.5 Å². The van der Waals surface area contributed by atoms with E-state index in [1.165, 1.54) is 33.7 Å². The summed E-state index contributed by atoms with van der Waals surface area (Å²) in [4.78, 5) is 29.2. The summed E-state index contributed by atoms with van der Waals surface area (Å²) in [5.74, 6) is 0.732. The molecule has 0 bridgehead atoms. The van der Waals surface area contributed by atoms with Crippen molar-refractivity contribution in [1.29, 1.82) is 0 Å².